The van der Waals surface area contributed by atoms with Crippen LogP contribution < -0.4 is 20.1 Å². The molecule has 1 aliphatic rings. The number of amides is 2. The minimum Gasteiger partial charge on any atom is -0.483 e. The third-order valence-corrected chi connectivity index (χ3v) is 6.03. The predicted molar refractivity (Wildman–Crippen MR) is 117 cm³/mol. The number of thiophene rings is 1. The van der Waals surface area contributed by atoms with E-state index in [2.05, 4.69) is 15.6 Å². The number of ether oxygens (including phenoxy) is 2. The van der Waals surface area contributed by atoms with E-state index < -0.39 is 0 Å². The lowest BCUT2D eigenvalue weighted by molar-refractivity contribution is -0.118. The Labute approximate surface area is 182 Å². The van der Waals surface area contributed by atoms with Crippen molar-refractivity contribution in [3.05, 3.63) is 57.2 Å². The molecule has 9 heteroatoms. The molecule has 1 aromatic carbocycles. The van der Waals surface area contributed by atoms with Gasteiger partial charge >= 0.3 is 0 Å². The number of nitrogens with zero attached hydrogens (tertiary/aromatic N) is 1. The molecule has 2 aromatic heterocycles. The van der Waals surface area contributed by atoms with E-state index in [-0.39, 0.29) is 29.7 Å². The highest BCUT2D eigenvalue weighted by atomic mass is 32.1. The fourth-order valence-corrected chi connectivity index (χ4v) is 4.46. The largest absolute Gasteiger partial charge is 0.483 e. The van der Waals surface area contributed by atoms with Crippen molar-refractivity contribution >= 4 is 39.6 Å². The van der Waals surface area contributed by atoms with E-state index in [1.807, 2.05) is 43.5 Å². The summed E-state index contributed by atoms with van der Waals surface area (Å²) in [5.41, 5.74) is 1.05. The van der Waals surface area contributed by atoms with Crippen LogP contribution in [0.4, 0.5) is 5.13 Å². The third-order valence-electron chi connectivity index (χ3n) is 4.40. The first-order valence-electron chi connectivity index (χ1n) is 9.39. The molecule has 1 aliphatic heterocycles. The molecule has 3 aromatic rings. The maximum atomic E-state index is 12.3. The first-order chi connectivity index (χ1) is 14.4. The Balaban J connectivity index is 1.29. The van der Waals surface area contributed by atoms with E-state index in [1.54, 1.807) is 22.8 Å². The minimum absolute atomic E-state index is 0.181. The Bertz CT molecular complexity index is 1060. The van der Waals surface area contributed by atoms with Gasteiger partial charge in [-0.15, -0.1) is 22.7 Å². The molecule has 0 aliphatic carbocycles. The van der Waals surface area contributed by atoms with Gasteiger partial charge in [0.1, 0.15) is 11.3 Å². The number of nitrogens with one attached hydrogen (secondary N) is 2. The Kier molecular flexibility index (Phi) is 5.74. The van der Waals surface area contributed by atoms with Crippen LogP contribution in [0.3, 0.4) is 0 Å². The van der Waals surface area contributed by atoms with Crippen LogP contribution in [-0.2, 0) is 17.8 Å². The number of hydrogen-bond acceptors (Lipinski definition) is 7. The van der Waals surface area contributed by atoms with E-state index in [9.17, 15) is 9.59 Å². The quantitative estimate of drug-likeness (QED) is 0.579. The molecular formula is C21H21N3O4S2. The topological polar surface area (TPSA) is 89.5 Å². The van der Waals surface area contributed by atoms with Crippen molar-refractivity contribution in [3.63, 3.8) is 0 Å². The summed E-state index contributed by atoms with van der Waals surface area (Å²) in [6.45, 7) is 4.30. The zero-order chi connectivity index (χ0) is 21.1. The normalized spacial score (nSPS) is 13.9. The standard InChI is InChI=1S/C21H21N3O4S2/c1-21(2)9-13-5-3-7-16(18(13)28-21)27-11-17(25)24-20-23-15(12-30-20)19(26)22-10-14-6-4-8-29-14/h3-8,12H,9-11H2,1-2H3,(H,22,26)(H,23,24,25). The van der Waals surface area contributed by atoms with Gasteiger partial charge in [-0.1, -0.05) is 18.2 Å². The van der Waals surface area contributed by atoms with E-state index >= 15 is 0 Å². The Hall–Kier alpha value is -2.91. The predicted octanol–water partition coefficient (Wildman–Crippen LogP) is 3.87. The molecule has 0 bridgehead atoms. The molecule has 2 N–H and O–H groups in total. The maximum absolute atomic E-state index is 12.3. The highest BCUT2D eigenvalue weighted by Gasteiger charge is 2.32. The van der Waals surface area contributed by atoms with Gasteiger partial charge in [0, 0.05) is 22.2 Å². The number of rotatable bonds is 7. The lowest BCUT2D eigenvalue weighted by atomic mass is 10.0. The summed E-state index contributed by atoms with van der Waals surface area (Å²) in [6, 6.07) is 9.55. The van der Waals surface area contributed by atoms with Crippen LogP contribution >= 0.6 is 22.7 Å². The van der Waals surface area contributed by atoms with Gasteiger partial charge in [0.25, 0.3) is 11.8 Å². The van der Waals surface area contributed by atoms with Gasteiger partial charge in [-0.3, -0.25) is 14.9 Å². The average Bonchev–Trinajstić information content (AvgIpc) is 3.43. The van der Waals surface area contributed by atoms with Crippen LogP contribution in [0.25, 0.3) is 0 Å². The Morgan fingerprint density at radius 1 is 1.23 bits per heavy atom. The molecule has 4 rings (SSSR count). The van der Waals surface area contributed by atoms with Gasteiger partial charge in [0.05, 0.1) is 6.54 Å². The molecule has 0 unspecified atom stereocenters. The first-order valence-corrected chi connectivity index (χ1v) is 11.2. The van der Waals surface area contributed by atoms with Crippen LogP contribution in [0.5, 0.6) is 11.5 Å². The summed E-state index contributed by atoms with van der Waals surface area (Å²) < 4.78 is 11.6. The average molecular weight is 444 g/mol. The molecule has 0 spiro atoms. The number of para-hydroxylation sites is 1. The summed E-state index contributed by atoms with van der Waals surface area (Å²) in [5.74, 6) is 0.594. The molecule has 3 heterocycles. The van der Waals surface area contributed by atoms with Gasteiger partial charge < -0.3 is 14.8 Å². The molecule has 0 saturated carbocycles. The lowest BCUT2D eigenvalue weighted by Crippen LogP contribution is -2.25. The maximum Gasteiger partial charge on any atom is 0.271 e. The summed E-state index contributed by atoms with van der Waals surface area (Å²) in [6.07, 6.45) is 0.794. The molecule has 7 nitrogen and oxygen atoms in total. The minimum atomic E-state index is -0.357. The van der Waals surface area contributed by atoms with E-state index in [1.165, 1.54) is 11.3 Å². The van der Waals surface area contributed by atoms with Crippen LogP contribution in [0.15, 0.2) is 41.1 Å². The smallest absolute Gasteiger partial charge is 0.271 e. The summed E-state index contributed by atoms with van der Waals surface area (Å²) >= 11 is 2.76. The highest BCUT2D eigenvalue weighted by molar-refractivity contribution is 7.14. The van der Waals surface area contributed by atoms with Crippen molar-refractivity contribution < 1.29 is 19.1 Å². The SMILES string of the molecule is CC1(C)Cc2cccc(OCC(=O)Nc3nc(C(=O)NCc4cccs4)cs3)c2O1. The molecule has 30 heavy (non-hydrogen) atoms. The van der Waals surface area contributed by atoms with Crippen LogP contribution in [-0.4, -0.2) is 29.0 Å². The number of thiazole rings is 1. The molecule has 0 fully saturated rings. The molecular weight excluding hydrogens is 422 g/mol. The number of carbonyl (C=O) groups excluding carboxylic acids is 2. The van der Waals surface area contributed by atoms with Gasteiger partial charge in [0.2, 0.25) is 0 Å². The zero-order valence-electron chi connectivity index (χ0n) is 16.6. The summed E-state index contributed by atoms with van der Waals surface area (Å²) in [4.78, 5) is 29.7. The summed E-state index contributed by atoms with van der Waals surface area (Å²) in [7, 11) is 0. The van der Waals surface area contributed by atoms with Crippen molar-refractivity contribution in [1.82, 2.24) is 10.3 Å². The third kappa shape index (κ3) is 4.80. The van der Waals surface area contributed by atoms with Gasteiger partial charge in [-0.2, -0.15) is 0 Å². The number of aromatic nitrogens is 1. The van der Waals surface area contributed by atoms with E-state index in [0.29, 0.717) is 23.2 Å². The number of anilines is 1. The second-order valence-electron chi connectivity index (χ2n) is 7.42. The molecule has 2 amide bonds. The fourth-order valence-electron chi connectivity index (χ4n) is 3.11. The van der Waals surface area contributed by atoms with Crippen molar-refractivity contribution in [2.45, 2.75) is 32.4 Å². The van der Waals surface area contributed by atoms with Gasteiger partial charge in [-0.05, 0) is 31.4 Å². The second-order valence-corrected chi connectivity index (χ2v) is 9.31. The lowest BCUT2D eigenvalue weighted by Gasteiger charge is -2.18. The van der Waals surface area contributed by atoms with Crippen LogP contribution in [0.1, 0.15) is 34.8 Å². The van der Waals surface area contributed by atoms with Crippen molar-refractivity contribution in [3.8, 4) is 11.5 Å². The monoisotopic (exact) mass is 443 g/mol. The first kappa shape index (κ1) is 20.4. The van der Waals surface area contributed by atoms with Crippen molar-refractivity contribution in [2.75, 3.05) is 11.9 Å². The van der Waals surface area contributed by atoms with Crippen molar-refractivity contribution in [2.24, 2.45) is 0 Å². The zero-order valence-corrected chi connectivity index (χ0v) is 18.2. The van der Waals surface area contributed by atoms with E-state index in [4.69, 9.17) is 9.47 Å². The molecule has 0 radical (unpaired) electrons. The Morgan fingerprint density at radius 3 is 2.90 bits per heavy atom. The Morgan fingerprint density at radius 2 is 2.10 bits per heavy atom. The second kappa shape index (κ2) is 8.45. The van der Waals surface area contributed by atoms with E-state index in [0.717, 1.165) is 16.9 Å². The van der Waals surface area contributed by atoms with Gasteiger partial charge in [0.15, 0.2) is 23.2 Å². The number of hydrogen-bond donors (Lipinski definition) is 2. The molecule has 0 atom stereocenters. The fraction of sp³-hybridized carbons (Fsp3) is 0.286. The number of fused-ring (bicyclic) bond motifs is 1. The highest BCUT2D eigenvalue weighted by Crippen LogP contribution is 2.41. The molecule has 156 valence electrons. The van der Waals surface area contributed by atoms with Gasteiger partial charge in [-0.25, -0.2) is 4.98 Å². The molecule has 0 saturated heterocycles. The van der Waals surface area contributed by atoms with Crippen molar-refractivity contribution in [1.29, 1.82) is 0 Å². The summed E-state index contributed by atoms with van der Waals surface area (Å²) in [5, 5.41) is 9.39. The van der Waals surface area contributed by atoms with Crippen LogP contribution in [0, 0.1) is 0 Å². The number of carbonyl (C=O) groups is 2. The number of benzene rings is 1. The van der Waals surface area contributed by atoms with Crippen LogP contribution in [0.2, 0.25) is 0 Å².